The predicted octanol–water partition coefficient (Wildman–Crippen LogP) is 7.15. The van der Waals surface area contributed by atoms with Crippen molar-refractivity contribution < 1.29 is 33.4 Å². The second-order valence-corrected chi connectivity index (χ2v) is 15.5. The van der Waals surface area contributed by atoms with E-state index in [9.17, 15) is 24.0 Å². The van der Waals surface area contributed by atoms with Crippen LogP contribution in [0.4, 0.5) is 0 Å². The molecule has 10 heteroatoms. The van der Waals surface area contributed by atoms with Crippen molar-refractivity contribution in [2.24, 2.45) is 11.8 Å². The minimum absolute atomic E-state index is 0.00324. The standard InChI is InChI=1S/C42H29Br2NO7/c43-41-29-15-7-8-16-30(29)42(44,32-18-10-9-17-31(32)41)36-35(41)37(47)45(38(36)48)33(23-25-11-3-1-4-12-25)40(50)51-24-34(46)26-19-21-28(22-20-26)52-39(49)27-13-5-2-6-14-27/h1-22,33,35-36H,23-24H2. The van der Waals surface area contributed by atoms with E-state index in [-0.39, 0.29) is 17.7 Å². The van der Waals surface area contributed by atoms with Gasteiger partial charge < -0.3 is 9.47 Å². The molecule has 258 valence electrons. The number of imide groups is 1. The van der Waals surface area contributed by atoms with Crippen molar-refractivity contribution in [1.29, 1.82) is 0 Å². The minimum atomic E-state index is -1.33. The highest BCUT2D eigenvalue weighted by atomic mass is 79.9. The Labute approximate surface area is 316 Å². The van der Waals surface area contributed by atoms with Crippen molar-refractivity contribution >= 4 is 61.4 Å². The maximum absolute atomic E-state index is 14.7. The van der Waals surface area contributed by atoms with Crippen LogP contribution < -0.4 is 4.74 Å². The van der Waals surface area contributed by atoms with Gasteiger partial charge in [-0.25, -0.2) is 9.59 Å². The number of carbonyl (C=O) groups excluding carboxylic acids is 5. The van der Waals surface area contributed by atoms with Crippen molar-refractivity contribution in [2.75, 3.05) is 6.61 Å². The van der Waals surface area contributed by atoms with Crippen LogP contribution in [-0.2, 0) is 34.2 Å². The Kier molecular flexibility index (Phi) is 8.54. The van der Waals surface area contributed by atoms with E-state index < -0.39 is 62.7 Å². The lowest BCUT2D eigenvalue weighted by Gasteiger charge is -2.55. The summed E-state index contributed by atoms with van der Waals surface area (Å²) < 4.78 is 8.96. The molecule has 0 aromatic heterocycles. The first-order chi connectivity index (χ1) is 25.1. The summed E-state index contributed by atoms with van der Waals surface area (Å²) in [6.45, 7) is -0.627. The number of hydrogen-bond acceptors (Lipinski definition) is 7. The van der Waals surface area contributed by atoms with Crippen LogP contribution in [0.2, 0.25) is 0 Å². The third-order valence-corrected chi connectivity index (χ3v) is 12.9. The second-order valence-electron chi connectivity index (χ2n) is 13.0. The number of carbonyl (C=O) groups is 5. The van der Waals surface area contributed by atoms with Gasteiger partial charge in [-0.3, -0.25) is 19.3 Å². The first-order valence-electron chi connectivity index (χ1n) is 16.7. The molecule has 2 amide bonds. The zero-order chi connectivity index (χ0) is 36.2. The monoisotopic (exact) mass is 817 g/mol. The van der Waals surface area contributed by atoms with Gasteiger partial charge in [0, 0.05) is 12.0 Å². The molecule has 5 aromatic rings. The van der Waals surface area contributed by atoms with Gasteiger partial charge in [0.2, 0.25) is 11.8 Å². The number of likely N-dealkylation sites (tertiary alicyclic amines) is 1. The fraction of sp³-hybridized carbons (Fsp3) is 0.167. The molecule has 8 nitrogen and oxygen atoms in total. The largest absolute Gasteiger partial charge is 0.456 e. The van der Waals surface area contributed by atoms with Crippen LogP contribution in [0.15, 0.2) is 133 Å². The van der Waals surface area contributed by atoms with E-state index in [1.807, 2.05) is 78.9 Å². The molecule has 4 aliphatic rings. The van der Waals surface area contributed by atoms with E-state index >= 15 is 0 Å². The second kappa shape index (κ2) is 13.1. The molecule has 3 aliphatic carbocycles. The van der Waals surface area contributed by atoms with Gasteiger partial charge in [-0.05, 0) is 64.2 Å². The maximum atomic E-state index is 14.7. The van der Waals surface area contributed by atoms with Crippen LogP contribution in [0.3, 0.4) is 0 Å². The molecule has 0 N–H and O–H groups in total. The van der Waals surface area contributed by atoms with Crippen molar-refractivity contribution in [3.05, 3.63) is 172 Å². The zero-order valence-electron chi connectivity index (χ0n) is 27.4. The lowest BCUT2D eigenvalue weighted by atomic mass is 9.54. The zero-order valence-corrected chi connectivity index (χ0v) is 30.6. The first kappa shape index (κ1) is 33.9. The summed E-state index contributed by atoms with van der Waals surface area (Å²) in [5.41, 5.74) is 4.83. The van der Waals surface area contributed by atoms with Crippen LogP contribution in [0, 0.1) is 11.8 Å². The Bertz CT molecular complexity index is 2140. The van der Waals surface area contributed by atoms with Gasteiger partial charge in [0.25, 0.3) is 0 Å². The Balaban J connectivity index is 1.07. The molecule has 0 radical (unpaired) electrons. The number of ether oxygens (including phenoxy) is 2. The highest BCUT2D eigenvalue weighted by Crippen LogP contribution is 2.70. The van der Waals surface area contributed by atoms with Crippen molar-refractivity contribution in [2.45, 2.75) is 21.1 Å². The number of nitrogens with zero attached hydrogens (tertiary/aromatic N) is 1. The summed E-state index contributed by atoms with van der Waals surface area (Å²) in [6, 6.07) is 37.7. The number of amides is 2. The van der Waals surface area contributed by atoms with Gasteiger partial charge in [0.1, 0.15) is 11.8 Å². The summed E-state index contributed by atoms with van der Waals surface area (Å²) >= 11 is 8.01. The summed E-state index contributed by atoms with van der Waals surface area (Å²) in [4.78, 5) is 70.3. The number of hydrogen-bond donors (Lipinski definition) is 0. The fourth-order valence-electron chi connectivity index (χ4n) is 7.88. The van der Waals surface area contributed by atoms with Crippen molar-refractivity contribution in [3.63, 3.8) is 0 Å². The Hall–Kier alpha value is -5.19. The van der Waals surface area contributed by atoms with Crippen molar-refractivity contribution in [3.8, 4) is 5.75 Å². The van der Waals surface area contributed by atoms with E-state index in [4.69, 9.17) is 9.47 Å². The molecule has 2 bridgehead atoms. The number of rotatable bonds is 9. The molecule has 3 atom stereocenters. The van der Waals surface area contributed by atoms with Gasteiger partial charge >= 0.3 is 11.9 Å². The molecular weight excluding hydrogens is 790 g/mol. The molecule has 5 aromatic carbocycles. The van der Waals surface area contributed by atoms with Gasteiger partial charge in [-0.1, -0.05) is 129 Å². The van der Waals surface area contributed by atoms with E-state index in [0.717, 1.165) is 27.2 Å². The lowest BCUT2D eigenvalue weighted by Crippen LogP contribution is -2.56. The normalized spacial score (nSPS) is 22.9. The van der Waals surface area contributed by atoms with Gasteiger partial charge in [-0.2, -0.15) is 0 Å². The van der Waals surface area contributed by atoms with E-state index in [2.05, 4.69) is 31.9 Å². The lowest BCUT2D eigenvalue weighted by molar-refractivity contribution is -0.158. The van der Waals surface area contributed by atoms with Crippen LogP contribution in [0.5, 0.6) is 5.75 Å². The van der Waals surface area contributed by atoms with Gasteiger partial charge in [0.05, 0.1) is 26.0 Å². The Morgan fingerprint density at radius 2 is 1.08 bits per heavy atom. The number of benzene rings is 5. The van der Waals surface area contributed by atoms with Gasteiger partial charge in [-0.15, -0.1) is 0 Å². The van der Waals surface area contributed by atoms with Gasteiger partial charge in [0.15, 0.2) is 12.4 Å². The first-order valence-corrected chi connectivity index (χ1v) is 18.3. The third kappa shape index (κ3) is 5.26. The summed E-state index contributed by atoms with van der Waals surface area (Å²) in [7, 11) is 0. The minimum Gasteiger partial charge on any atom is -0.456 e. The molecule has 1 heterocycles. The number of Topliss-reactive ketones (excluding diaryl/α,β-unsaturated/α-hetero) is 1. The number of alkyl halides is 2. The highest BCUT2D eigenvalue weighted by Gasteiger charge is 2.73. The molecule has 9 rings (SSSR count). The maximum Gasteiger partial charge on any atom is 0.343 e. The summed E-state index contributed by atoms with van der Waals surface area (Å²) in [5.74, 6) is -4.41. The average Bonchev–Trinajstić information content (AvgIpc) is 3.46. The number of esters is 2. The molecule has 1 saturated heterocycles. The van der Waals surface area contributed by atoms with Crippen LogP contribution >= 0.6 is 31.9 Å². The van der Waals surface area contributed by atoms with Crippen LogP contribution in [0.1, 0.15) is 48.5 Å². The van der Waals surface area contributed by atoms with E-state index in [1.165, 1.54) is 24.3 Å². The number of ketones is 1. The SMILES string of the molecule is O=C(COC(=O)C(Cc1ccccc1)N1C(=O)C2C(C1=O)C1(Br)c3ccccc3C2(Br)c2ccccc21)c1ccc(OC(=O)c2ccccc2)cc1. The molecular formula is C42H29Br2NO7. The third-order valence-electron chi connectivity index (χ3n) is 10.2. The highest BCUT2D eigenvalue weighted by molar-refractivity contribution is 9.10. The van der Waals surface area contributed by atoms with Crippen LogP contribution in [0.25, 0.3) is 0 Å². The van der Waals surface area contributed by atoms with E-state index in [1.54, 1.807) is 30.3 Å². The molecule has 52 heavy (non-hydrogen) atoms. The smallest absolute Gasteiger partial charge is 0.343 e. The Morgan fingerprint density at radius 3 is 1.58 bits per heavy atom. The van der Waals surface area contributed by atoms with E-state index in [0.29, 0.717) is 11.1 Å². The summed E-state index contributed by atoms with van der Waals surface area (Å²) in [5, 5.41) is 0. The molecule has 1 fully saturated rings. The Morgan fingerprint density at radius 1 is 0.615 bits per heavy atom. The predicted molar refractivity (Wildman–Crippen MR) is 198 cm³/mol. The molecule has 3 unspecified atom stereocenters. The molecule has 0 spiro atoms. The molecule has 0 saturated carbocycles. The quantitative estimate of drug-likeness (QED) is 0.0512. The fourth-order valence-corrected chi connectivity index (χ4v) is 10.2. The number of halogens is 2. The average molecular weight is 820 g/mol. The van der Waals surface area contributed by atoms with Crippen LogP contribution in [-0.4, -0.2) is 47.1 Å². The van der Waals surface area contributed by atoms with Crippen molar-refractivity contribution in [1.82, 2.24) is 4.90 Å². The topological polar surface area (TPSA) is 107 Å². The molecule has 1 aliphatic heterocycles. The summed E-state index contributed by atoms with van der Waals surface area (Å²) in [6.07, 6.45) is -0.00324.